The molecule has 4 rings (SSSR count). The summed E-state index contributed by atoms with van der Waals surface area (Å²) in [5.41, 5.74) is 1.87. The van der Waals surface area contributed by atoms with E-state index in [2.05, 4.69) is 26.6 Å². The molecule has 146 valence electrons. The van der Waals surface area contributed by atoms with Crippen LogP contribution in [0.15, 0.2) is 53.1 Å². The number of aromatic nitrogens is 1. The van der Waals surface area contributed by atoms with Gasteiger partial charge in [0, 0.05) is 31.2 Å². The van der Waals surface area contributed by atoms with Gasteiger partial charge >= 0.3 is 6.03 Å². The Bertz CT molecular complexity index is 913. The number of hydrogen-bond donors (Lipinski definition) is 2. The van der Waals surface area contributed by atoms with Gasteiger partial charge in [-0.3, -0.25) is 0 Å². The summed E-state index contributed by atoms with van der Waals surface area (Å²) < 4.78 is 5.82. The van der Waals surface area contributed by atoms with E-state index < -0.39 is 0 Å². The van der Waals surface area contributed by atoms with Crippen LogP contribution in [0.4, 0.5) is 10.6 Å². The molecule has 2 N–H and O–H groups in total. The van der Waals surface area contributed by atoms with Gasteiger partial charge in [0.15, 0.2) is 0 Å². The molecule has 0 bridgehead atoms. The van der Waals surface area contributed by atoms with Gasteiger partial charge in [0.1, 0.15) is 17.2 Å². The standard InChI is InChI=1S/C22H26N4O2/c1-16(20-14-18-7-3-4-8-19(18)28-20)25-22(27)24-15-17-9-10-23-21(13-17)26-11-5-2-6-12-26/h3-4,7-10,13-14,16H,2,5-6,11-12,15H2,1H3,(H2,24,25,27). The Morgan fingerprint density at radius 3 is 2.82 bits per heavy atom. The van der Waals surface area contributed by atoms with E-state index in [9.17, 15) is 4.79 Å². The van der Waals surface area contributed by atoms with Crippen LogP contribution in [0.5, 0.6) is 0 Å². The van der Waals surface area contributed by atoms with Crippen LogP contribution in [-0.2, 0) is 6.54 Å². The van der Waals surface area contributed by atoms with Gasteiger partial charge in [-0.15, -0.1) is 0 Å². The number of urea groups is 1. The smallest absolute Gasteiger partial charge is 0.315 e. The van der Waals surface area contributed by atoms with Crippen LogP contribution in [0, 0.1) is 0 Å². The average molecular weight is 378 g/mol. The van der Waals surface area contributed by atoms with E-state index in [0.717, 1.165) is 41.2 Å². The first kappa shape index (κ1) is 18.3. The second-order valence-electron chi connectivity index (χ2n) is 7.31. The monoisotopic (exact) mass is 378 g/mol. The number of carbonyl (C=O) groups excluding carboxylic acids is 1. The maximum absolute atomic E-state index is 12.3. The highest BCUT2D eigenvalue weighted by molar-refractivity contribution is 5.78. The average Bonchev–Trinajstić information content (AvgIpc) is 3.18. The Hall–Kier alpha value is -3.02. The minimum absolute atomic E-state index is 0.214. The number of benzene rings is 1. The molecule has 2 aromatic heterocycles. The lowest BCUT2D eigenvalue weighted by molar-refractivity contribution is 0.236. The van der Waals surface area contributed by atoms with Crippen molar-refractivity contribution in [3.8, 4) is 0 Å². The molecule has 1 atom stereocenters. The highest BCUT2D eigenvalue weighted by Crippen LogP contribution is 2.23. The Labute approximate surface area is 164 Å². The molecular formula is C22H26N4O2. The number of rotatable bonds is 5. The molecule has 6 nitrogen and oxygen atoms in total. The topological polar surface area (TPSA) is 70.4 Å². The number of para-hydroxylation sites is 1. The first-order valence-corrected chi connectivity index (χ1v) is 9.92. The highest BCUT2D eigenvalue weighted by Gasteiger charge is 2.15. The first-order chi connectivity index (χ1) is 13.7. The summed E-state index contributed by atoms with van der Waals surface area (Å²) in [6.07, 6.45) is 5.54. The van der Waals surface area contributed by atoms with E-state index in [1.54, 1.807) is 0 Å². The highest BCUT2D eigenvalue weighted by atomic mass is 16.3. The molecule has 0 saturated carbocycles. The Morgan fingerprint density at radius 1 is 1.18 bits per heavy atom. The molecule has 28 heavy (non-hydrogen) atoms. The van der Waals surface area contributed by atoms with Crippen molar-refractivity contribution in [3.05, 3.63) is 60.0 Å². The summed E-state index contributed by atoms with van der Waals surface area (Å²) in [5, 5.41) is 6.90. The van der Waals surface area contributed by atoms with E-state index in [1.165, 1.54) is 19.3 Å². The van der Waals surface area contributed by atoms with Crippen molar-refractivity contribution in [3.63, 3.8) is 0 Å². The molecule has 3 heterocycles. The maximum Gasteiger partial charge on any atom is 0.315 e. The van der Waals surface area contributed by atoms with Crippen LogP contribution in [0.3, 0.4) is 0 Å². The molecule has 1 aliphatic heterocycles. The number of anilines is 1. The van der Waals surface area contributed by atoms with Gasteiger partial charge in [-0.1, -0.05) is 18.2 Å². The van der Waals surface area contributed by atoms with Crippen LogP contribution in [0.25, 0.3) is 11.0 Å². The molecule has 0 spiro atoms. The zero-order valence-corrected chi connectivity index (χ0v) is 16.1. The van der Waals surface area contributed by atoms with Gasteiger partial charge in [0.25, 0.3) is 0 Å². The van der Waals surface area contributed by atoms with Gasteiger partial charge in [-0.05, 0) is 56.0 Å². The summed E-state index contributed by atoms with van der Waals surface area (Å²) in [7, 11) is 0. The molecule has 1 fully saturated rings. The Balaban J connectivity index is 1.32. The Kier molecular flexibility index (Phi) is 5.46. The predicted octanol–water partition coefficient (Wildman–Crippen LogP) is 4.38. The predicted molar refractivity (Wildman–Crippen MR) is 110 cm³/mol. The lowest BCUT2D eigenvalue weighted by Crippen LogP contribution is -2.36. The zero-order valence-electron chi connectivity index (χ0n) is 16.1. The van der Waals surface area contributed by atoms with Crippen molar-refractivity contribution in [2.24, 2.45) is 0 Å². The van der Waals surface area contributed by atoms with Crippen LogP contribution in [-0.4, -0.2) is 24.1 Å². The molecule has 3 aromatic rings. The number of piperidine rings is 1. The fraction of sp³-hybridized carbons (Fsp3) is 0.364. The van der Waals surface area contributed by atoms with Crippen molar-refractivity contribution in [1.82, 2.24) is 15.6 Å². The quantitative estimate of drug-likeness (QED) is 0.691. The SMILES string of the molecule is CC(NC(=O)NCc1ccnc(N2CCCCC2)c1)c1cc2ccccc2o1. The van der Waals surface area contributed by atoms with E-state index in [1.807, 2.05) is 49.5 Å². The second kappa shape index (κ2) is 8.33. The lowest BCUT2D eigenvalue weighted by atomic mass is 10.1. The molecule has 2 amide bonds. The molecule has 0 aliphatic carbocycles. The van der Waals surface area contributed by atoms with Crippen molar-refractivity contribution >= 4 is 22.8 Å². The normalized spacial score (nSPS) is 15.4. The number of pyridine rings is 1. The van der Waals surface area contributed by atoms with Crippen molar-refractivity contribution < 1.29 is 9.21 Å². The molecule has 1 aromatic carbocycles. The molecule has 6 heteroatoms. The summed E-state index contributed by atoms with van der Waals surface area (Å²) in [6.45, 7) is 4.49. The zero-order chi connectivity index (χ0) is 19.3. The second-order valence-corrected chi connectivity index (χ2v) is 7.31. The van der Waals surface area contributed by atoms with E-state index >= 15 is 0 Å². The fourth-order valence-corrected chi connectivity index (χ4v) is 3.58. The minimum atomic E-state index is -0.218. The minimum Gasteiger partial charge on any atom is -0.459 e. The molecule has 1 unspecified atom stereocenters. The summed E-state index contributed by atoms with van der Waals surface area (Å²) in [4.78, 5) is 19.1. The number of hydrogen-bond acceptors (Lipinski definition) is 4. The van der Waals surface area contributed by atoms with Crippen molar-refractivity contribution in [1.29, 1.82) is 0 Å². The summed E-state index contributed by atoms with van der Waals surface area (Å²) in [6, 6.07) is 13.4. The van der Waals surface area contributed by atoms with Crippen LogP contribution >= 0.6 is 0 Å². The lowest BCUT2D eigenvalue weighted by Gasteiger charge is -2.27. The molecule has 1 aliphatic rings. The maximum atomic E-state index is 12.3. The Morgan fingerprint density at radius 2 is 2.00 bits per heavy atom. The van der Waals surface area contributed by atoms with E-state index in [-0.39, 0.29) is 12.1 Å². The number of nitrogens with one attached hydrogen (secondary N) is 2. The van der Waals surface area contributed by atoms with E-state index in [4.69, 9.17) is 4.42 Å². The molecular weight excluding hydrogens is 352 g/mol. The number of carbonyl (C=O) groups is 1. The van der Waals surface area contributed by atoms with Gasteiger partial charge in [-0.2, -0.15) is 0 Å². The van der Waals surface area contributed by atoms with Crippen LogP contribution < -0.4 is 15.5 Å². The molecule has 1 saturated heterocycles. The van der Waals surface area contributed by atoms with Crippen molar-refractivity contribution in [2.75, 3.05) is 18.0 Å². The third-order valence-corrected chi connectivity index (χ3v) is 5.16. The van der Waals surface area contributed by atoms with Gasteiger partial charge in [-0.25, -0.2) is 9.78 Å². The largest absolute Gasteiger partial charge is 0.459 e. The van der Waals surface area contributed by atoms with Gasteiger partial charge in [0.2, 0.25) is 0 Å². The first-order valence-electron chi connectivity index (χ1n) is 9.92. The molecule has 0 radical (unpaired) electrons. The van der Waals surface area contributed by atoms with Gasteiger partial charge < -0.3 is 20.0 Å². The number of fused-ring (bicyclic) bond motifs is 1. The van der Waals surface area contributed by atoms with Gasteiger partial charge in [0.05, 0.1) is 6.04 Å². The number of nitrogens with zero attached hydrogens (tertiary/aromatic N) is 2. The van der Waals surface area contributed by atoms with E-state index in [0.29, 0.717) is 6.54 Å². The van der Waals surface area contributed by atoms with Crippen LogP contribution in [0.1, 0.15) is 43.6 Å². The summed E-state index contributed by atoms with van der Waals surface area (Å²) >= 11 is 0. The van der Waals surface area contributed by atoms with Crippen molar-refractivity contribution in [2.45, 2.75) is 38.8 Å². The number of amides is 2. The third kappa shape index (κ3) is 4.27. The third-order valence-electron chi connectivity index (χ3n) is 5.16. The summed E-state index contributed by atoms with van der Waals surface area (Å²) in [5.74, 6) is 1.74. The van der Waals surface area contributed by atoms with Crippen LogP contribution in [0.2, 0.25) is 0 Å². The fourth-order valence-electron chi connectivity index (χ4n) is 3.58. The number of furan rings is 1.